The summed E-state index contributed by atoms with van der Waals surface area (Å²) >= 11 is 0. The monoisotopic (exact) mass is 467 g/mol. The van der Waals surface area contributed by atoms with Gasteiger partial charge in [0.2, 0.25) is 5.91 Å². The molecule has 2 unspecified atom stereocenters. The smallest absolute Gasteiger partial charge is 0.313 e. The lowest BCUT2D eigenvalue weighted by Gasteiger charge is -2.45. The number of aromatic nitrogens is 1. The number of carbonyl (C=O) groups is 3. The zero-order chi connectivity index (χ0) is 24.6. The first-order valence-electron chi connectivity index (χ1n) is 11.6. The van der Waals surface area contributed by atoms with Crippen LogP contribution in [0.15, 0.2) is 36.5 Å². The van der Waals surface area contributed by atoms with E-state index in [1.807, 2.05) is 20.8 Å². The van der Waals surface area contributed by atoms with Crippen molar-refractivity contribution in [1.82, 2.24) is 14.8 Å². The molecule has 2 heterocycles. The van der Waals surface area contributed by atoms with Crippen molar-refractivity contribution in [3.63, 3.8) is 0 Å². The van der Waals surface area contributed by atoms with Crippen LogP contribution < -0.4 is 11.1 Å². The highest BCUT2D eigenvalue weighted by molar-refractivity contribution is 6.39. The van der Waals surface area contributed by atoms with Crippen molar-refractivity contribution < 1.29 is 18.8 Å². The number of nitrogen functional groups attached to an aromatic ring is 1. The molecule has 3 N–H and O–H groups in total. The molecule has 0 bridgehead atoms. The number of amides is 3. The number of hydrogen-bond donors (Lipinski definition) is 2. The van der Waals surface area contributed by atoms with Crippen molar-refractivity contribution >= 4 is 29.2 Å². The van der Waals surface area contributed by atoms with Gasteiger partial charge in [0, 0.05) is 25.0 Å². The highest BCUT2D eigenvalue weighted by Crippen LogP contribution is 2.42. The van der Waals surface area contributed by atoms with E-state index >= 15 is 0 Å². The Morgan fingerprint density at radius 3 is 2.41 bits per heavy atom. The van der Waals surface area contributed by atoms with Gasteiger partial charge in [-0.05, 0) is 55.0 Å². The third-order valence-corrected chi connectivity index (χ3v) is 6.45. The van der Waals surface area contributed by atoms with Gasteiger partial charge in [0.25, 0.3) is 0 Å². The molecule has 34 heavy (non-hydrogen) atoms. The van der Waals surface area contributed by atoms with Crippen molar-refractivity contribution in [3.8, 4) is 0 Å². The molecule has 3 amide bonds. The minimum atomic E-state index is -0.795. The largest absolute Gasteiger partial charge is 0.383 e. The summed E-state index contributed by atoms with van der Waals surface area (Å²) in [6, 6.07) is 6.70. The molecular formula is C25H30FN5O3. The van der Waals surface area contributed by atoms with Gasteiger partial charge in [-0.2, -0.15) is 0 Å². The summed E-state index contributed by atoms with van der Waals surface area (Å²) in [7, 11) is 0. The minimum Gasteiger partial charge on any atom is -0.383 e. The molecular weight excluding hydrogens is 437 g/mol. The molecule has 1 saturated carbocycles. The molecule has 2 fully saturated rings. The Kier molecular flexibility index (Phi) is 6.54. The lowest BCUT2D eigenvalue weighted by Crippen LogP contribution is -2.59. The van der Waals surface area contributed by atoms with Gasteiger partial charge in [-0.15, -0.1) is 0 Å². The first-order valence-corrected chi connectivity index (χ1v) is 11.6. The molecule has 4 rings (SSSR count). The number of halogens is 1. The molecule has 1 aliphatic carbocycles. The highest BCUT2D eigenvalue weighted by atomic mass is 19.1. The molecule has 0 spiro atoms. The quantitative estimate of drug-likeness (QED) is 0.672. The molecule has 1 aromatic heterocycles. The molecule has 0 radical (unpaired) electrons. The molecule has 8 nitrogen and oxygen atoms in total. The number of nitrogens with zero attached hydrogens (tertiary/aromatic N) is 3. The Bertz CT molecular complexity index is 1100. The summed E-state index contributed by atoms with van der Waals surface area (Å²) in [5, 5.41) is 2.65. The van der Waals surface area contributed by atoms with Crippen LogP contribution >= 0.6 is 0 Å². The molecule has 2 aliphatic rings. The maximum absolute atomic E-state index is 13.6. The zero-order valence-electron chi connectivity index (χ0n) is 19.6. The van der Waals surface area contributed by atoms with Gasteiger partial charge in [0.15, 0.2) is 0 Å². The average Bonchev–Trinajstić information content (AvgIpc) is 3.65. The zero-order valence-corrected chi connectivity index (χ0v) is 19.6. The fourth-order valence-electron chi connectivity index (χ4n) is 4.41. The highest BCUT2D eigenvalue weighted by Gasteiger charge is 2.40. The molecule has 2 atom stereocenters. The molecule has 9 heteroatoms. The number of pyridine rings is 1. The summed E-state index contributed by atoms with van der Waals surface area (Å²) < 4.78 is 13.6. The molecule has 2 aromatic rings. The number of carbonyl (C=O) groups excluding carboxylic acids is 3. The second-order valence-corrected chi connectivity index (χ2v) is 9.45. The number of rotatable bonds is 4. The van der Waals surface area contributed by atoms with Crippen LogP contribution in [0.5, 0.6) is 0 Å². The van der Waals surface area contributed by atoms with Crippen LogP contribution in [-0.4, -0.2) is 51.6 Å². The Labute approximate surface area is 198 Å². The predicted molar refractivity (Wildman–Crippen MR) is 126 cm³/mol. The summed E-state index contributed by atoms with van der Waals surface area (Å²) in [5.41, 5.74) is 7.89. The van der Waals surface area contributed by atoms with E-state index in [4.69, 9.17) is 5.73 Å². The number of nitrogens with one attached hydrogen (secondary N) is 1. The van der Waals surface area contributed by atoms with Gasteiger partial charge < -0.3 is 20.9 Å². The van der Waals surface area contributed by atoms with Crippen LogP contribution in [0.4, 0.5) is 15.9 Å². The van der Waals surface area contributed by atoms with E-state index < -0.39 is 23.7 Å². The second kappa shape index (κ2) is 9.40. The first-order chi connectivity index (χ1) is 16.2. The third kappa shape index (κ3) is 4.88. The molecule has 1 aliphatic heterocycles. The maximum atomic E-state index is 13.6. The average molecular weight is 468 g/mol. The van der Waals surface area contributed by atoms with Crippen LogP contribution in [0.1, 0.15) is 56.7 Å². The van der Waals surface area contributed by atoms with E-state index in [0.717, 1.165) is 18.4 Å². The Morgan fingerprint density at radius 1 is 1.12 bits per heavy atom. The summed E-state index contributed by atoms with van der Waals surface area (Å²) in [6.45, 7) is 5.90. The van der Waals surface area contributed by atoms with Gasteiger partial charge in [-0.25, -0.2) is 9.37 Å². The van der Waals surface area contributed by atoms with Gasteiger partial charge in [-0.3, -0.25) is 14.4 Å². The van der Waals surface area contributed by atoms with Gasteiger partial charge in [0.05, 0.1) is 17.9 Å². The van der Waals surface area contributed by atoms with E-state index in [1.165, 1.54) is 23.2 Å². The third-order valence-electron chi connectivity index (χ3n) is 6.45. The van der Waals surface area contributed by atoms with Crippen LogP contribution in [0.25, 0.3) is 0 Å². The predicted octanol–water partition coefficient (Wildman–Crippen LogP) is 3.08. The van der Waals surface area contributed by atoms with Crippen molar-refractivity contribution in [2.24, 2.45) is 5.92 Å². The molecule has 1 saturated heterocycles. The molecule has 1 aromatic carbocycles. The summed E-state index contributed by atoms with van der Waals surface area (Å²) in [6.07, 6.45) is 3.49. The number of anilines is 2. The maximum Gasteiger partial charge on any atom is 0.313 e. The Balaban J connectivity index is 1.57. The van der Waals surface area contributed by atoms with E-state index in [1.54, 1.807) is 23.1 Å². The lowest BCUT2D eigenvalue weighted by atomic mass is 9.98. The summed E-state index contributed by atoms with van der Waals surface area (Å²) in [5.74, 6) is -1.38. The topological polar surface area (TPSA) is 109 Å². The van der Waals surface area contributed by atoms with Gasteiger partial charge in [0.1, 0.15) is 11.6 Å². The molecule has 180 valence electrons. The minimum absolute atomic E-state index is 0.0308. The van der Waals surface area contributed by atoms with Crippen LogP contribution in [0.3, 0.4) is 0 Å². The van der Waals surface area contributed by atoms with E-state index in [2.05, 4.69) is 10.3 Å². The van der Waals surface area contributed by atoms with Crippen molar-refractivity contribution in [2.45, 2.75) is 51.6 Å². The van der Waals surface area contributed by atoms with E-state index in [9.17, 15) is 18.8 Å². The summed E-state index contributed by atoms with van der Waals surface area (Å²) in [4.78, 5) is 46.4. The number of hydrogen-bond acceptors (Lipinski definition) is 5. The lowest BCUT2D eigenvalue weighted by molar-refractivity contribution is -0.152. The van der Waals surface area contributed by atoms with Crippen molar-refractivity contribution in [3.05, 3.63) is 53.5 Å². The van der Waals surface area contributed by atoms with Gasteiger partial charge >= 0.3 is 11.8 Å². The first kappa shape index (κ1) is 23.7. The Morgan fingerprint density at radius 2 is 1.79 bits per heavy atom. The standard InChI is InChI=1S/C25H30FN5O3/c1-14(2)24(33)30-13-21(17-6-8-18(26)9-7-17)31(12-15(30)3)25(34)23(32)29-19-10-20(16-4-5-16)22(27)28-11-19/h6-11,14-16,21H,4-5,12-13H2,1-3H3,(H2,27,28)(H,29,32). The number of piperazine rings is 1. The number of benzene rings is 1. The fraction of sp³-hybridized carbons (Fsp3) is 0.440. The van der Waals surface area contributed by atoms with Crippen molar-refractivity contribution in [2.75, 3.05) is 24.1 Å². The van der Waals surface area contributed by atoms with Gasteiger partial charge in [-0.1, -0.05) is 26.0 Å². The number of nitrogens with two attached hydrogens (primary N) is 1. The van der Waals surface area contributed by atoms with Crippen LogP contribution in [0, 0.1) is 11.7 Å². The second-order valence-electron chi connectivity index (χ2n) is 9.45. The SMILES string of the molecule is CC(C)C(=O)N1CC(c2ccc(F)cc2)N(C(=O)C(=O)Nc2cnc(N)c(C3CC3)c2)CC1C. The Hall–Kier alpha value is -3.49. The fourth-order valence-corrected chi connectivity index (χ4v) is 4.41. The van der Waals surface area contributed by atoms with E-state index in [0.29, 0.717) is 23.0 Å². The van der Waals surface area contributed by atoms with Crippen LogP contribution in [0.2, 0.25) is 0 Å². The van der Waals surface area contributed by atoms with E-state index in [-0.39, 0.29) is 31.0 Å². The van der Waals surface area contributed by atoms with Crippen molar-refractivity contribution in [1.29, 1.82) is 0 Å². The normalized spacial score (nSPS) is 20.4. The van der Waals surface area contributed by atoms with Crippen LogP contribution in [-0.2, 0) is 14.4 Å².